The van der Waals surface area contributed by atoms with E-state index in [0.717, 1.165) is 9.75 Å². The minimum atomic E-state index is 0.117. The molecular weight excluding hydrogens is 284 g/mol. The van der Waals surface area contributed by atoms with Gasteiger partial charge in [-0.15, -0.1) is 11.3 Å². The second kappa shape index (κ2) is 6.18. The highest BCUT2D eigenvalue weighted by atomic mass is 32.1. The van der Waals surface area contributed by atoms with Crippen LogP contribution in [0.5, 0.6) is 0 Å². The molecule has 0 spiro atoms. The van der Waals surface area contributed by atoms with Crippen molar-refractivity contribution < 1.29 is 5.11 Å². The fourth-order valence-electron chi connectivity index (χ4n) is 2.00. The summed E-state index contributed by atoms with van der Waals surface area (Å²) >= 11 is 3.33. The molecule has 100 valence electrons. The van der Waals surface area contributed by atoms with Crippen molar-refractivity contribution in [2.24, 2.45) is 0 Å². The van der Waals surface area contributed by atoms with Crippen LogP contribution in [0.4, 0.5) is 0 Å². The Balaban J connectivity index is 1.82. The van der Waals surface area contributed by atoms with Gasteiger partial charge in [0.1, 0.15) is 0 Å². The van der Waals surface area contributed by atoms with Crippen LogP contribution in [-0.4, -0.2) is 5.11 Å². The summed E-state index contributed by atoms with van der Waals surface area (Å²) < 4.78 is 0. The van der Waals surface area contributed by atoms with Crippen LogP contribution in [-0.2, 0) is 6.61 Å². The van der Waals surface area contributed by atoms with Gasteiger partial charge in [0.2, 0.25) is 0 Å². The molecule has 3 rings (SSSR count). The number of thiophene rings is 2. The van der Waals surface area contributed by atoms with E-state index in [-0.39, 0.29) is 6.61 Å². The molecule has 2 aromatic heterocycles. The molecule has 0 saturated heterocycles. The number of rotatable bonds is 4. The summed E-state index contributed by atoms with van der Waals surface area (Å²) in [6.45, 7) is 0.117. The summed E-state index contributed by atoms with van der Waals surface area (Å²) in [5, 5.41) is 13.3. The first-order chi connectivity index (χ1) is 9.85. The van der Waals surface area contributed by atoms with E-state index < -0.39 is 0 Å². The number of benzene rings is 1. The van der Waals surface area contributed by atoms with Gasteiger partial charge in [0.25, 0.3) is 0 Å². The van der Waals surface area contributed by atoms with Gasteiger partial charge in [-0.05, 0) is 57.8 Å². The molecule has 2 heterocycles. The maximum absolute atomic E-state index is 9.07. The standard InChI is InChI=1S/C17H14OS2/c18-11-17-7-6-16(20-17)5-4-13-2-1-3-14(10-13)15-8-9-19-12-15/h1-10,12,18H,11H2. The quantitative estimate of drug-likeness (QED) is 0.707. The van der Waals surface area contributed by atoms with E-state index in [1.165, 1.54) is 16.7 Å². The third kappa shape index (κ3) is 3.07. The van der Waals surface area contributed by atoms with Crippen LogP contribution in [0.15, 0.2) is 53.2 Å². The highest BCUT2D eigenvalue weighted by Gasteiger charge is 1.99. The average Bonchev–Trinajstić information content (AvgIpc) is 3.17. The molecule has 1 aromatic carbocycles. The molecular formula is C17H14OS2. The molecule has 20 heavy (non-hydrogen) atoms. The third-order valence-electron chi connectivity index (χ3n) is 3.02. The second-order valence-electron chi connectivity index (χ2n) is 4.43. The van der Waals surface area contributed by atoms with Gasteiger partial charge in [-0.1, -0.05) is 24.3 Å². The van der Waals surface area contributed by atoms with Crippen molar-refractivity contribution in [2.45, 2.75) is 6.61 Å². The first-order valence-electron chi connectivity index (χ1n) is 6.35. The Morgan fingerprint density at radius 1 is 1.00 bits per heavy atom. The summed E-state index contributed by atoms with van der Waals surface area (Å²) in [6, 6.07) is 14.7. The predicted octanol–water partition coefficient (Wildman–Crippen LogP) is 5.14. The van der Waals surface area contributed by atoms with Gasteiger partial charge in [-0.25, -0.2) is 0 Å². The van der Waals surface area contributed by atoms with E-state index in [2.05, 4.69) is 53.2 Å². The first kappa shape index (κ1) is 13.3. The molecule has 0 amide bonds. The Labute approximate surface area is 126 Å². The largest absolute Gasteiger partial charge is 0.391 e. The minimum absolute atomic E-state index is 0.117. The van der Waals surface area contributed by atoms with Gasteiger partial charge in [0, 0.05) is 9.75 Å². The normalized spacial score (nSPS) is 11.2. The van der Waals surface area contributed by atoms with Crippen molar-refractivity contribution in [3.63, 3.8) is 0 Å². The molecule has 0 aliphatic heterocycles. The Bertz CT molecular complexity index is 708. The molecule has 0 aliphatic rings. The Morgan fingerprint density at radius 2 is 1.95 bits per heavy atom. The van der Waals surface area contributed by atoms with E-state index in [9.17, 15) is 0 Å². The molecule has 0 radical (unpaired) electrons. The van der Waals surface area contributed by atoms with Gasteiger partial charge in [0.15, 0.2) is 0 Å². The molecule has 0 bridgehead atoms. The zero-order valence-electron chi connectivity index (χ0n) is 10.8. The van der Waals surface area contributed by atoms with Gasteiger partial charge >= 0.3 is 0 Å². The zero-order valence-corrected chi connectivity index (χ0v) is 12.5. The average molecular weight is 298 g/mol. The van der Waals surface area contributed by atoms with Crippen LogP contribution in [0.25, 0.3) is 23.3 Å². The van der Waals surface area contributed by atoms with Crippen molar-refractivity contribution in [3.05, 3.63) is 68.5 Å². The highest BCUT2D eigenvalue weighted by molar-refractivity contribution is 7.12. The van der Waals surface area contributed by atoms with Crippen molar-refractivity contribution in [1.29, 1.82) is 0 Å². The topological polar surface area (TPSA) is 20.2 Å². The van der Waals surface area contributed by atoms with Crippen molar-refractivity contribution in [2.75, 3.05) is 0 Å². The van der Waals surface area contributed by atoms with Crippen molar-refractivity contribution >= 4 is 34.8 Å². The molecule has 1 nitrogen and oxygen atoms in total. The minimum Gasteiger partial charge on any atom is -0.391 e. The fourth-order valence-corrected chi connectivity index (χ4v) is 3.44. The highest BCUT2D eigenvalue weighted by Crippen LogP contribution is 2.24. The fraction of sp³-hybridized carbons (Fsp3) is 0.0588. The Hall–Kier alpha value is -1.68. The third-order valence-corrected chi connectivity index (χ3v) is 4.74. The van der Waals surface area contributed by atoms with Gasteiger partial charge in [-0.3, -0.25) is 0 Å². The molecule has 1 N–H and O–H groups in total. The van der Waals surface area contributed by atoms with Crippen LogP contribution in [0.3, 0.4) is 0 Å². The lowest BCUT2D eigenvalue weighted by molar-refractivity contribution is 0.285. The van der Waals surface area contributed by atoms with Gasteiger partial charge < -0.3 is 5.11 Å². The molecule has 0 aliphatic carbocycles. The van der Waals surface area contributed by atoms with E-state index in [1.54, 1.807) is 22.7 Å². The summed E-state index contributed by atoms with van der Waals surface area (Å²) in [4.78, 5) is 2.16. The van der Waals surface area contributed by atoms with Crippen molar-refractivity contribution in [1.82, 2.24) is 0 Å². The Kier molecular flexibility index (Phi) is 4.11. The molecule has 0 unspecified atom stereocenters. The van der Waals surface area contributed by atoms with E-state index in [0.29, 0.717) is 0 Å². The SMILES string of the molecule is OCc1ccc(C=Cc2cccc(-c3ccsc3)c2)s1. The second-order valence-corrected chi connectivity index (χ2v) is 6.41. The van der Waals surface area contributed by atoms with Crippen LogP contribution < -0.4 is 0 Å². The molecule has 3 heteroatoms. The lowest BCUT2D eigenvalue weighted by atomic mass is 10.1. The maximum atomic E-state index is 9.07. The number of aliphatic hydroxyl groups excluding tert-OH is 1. The van der Waals surface area contributed by atoms with Gasteiger partial charge in [0.05, 0.1) is 6.61 Å². The van der Waals surface area contributed by atoms with E-state index in [4.69, 9.17) is 5.11 Å². The molecule has 0 saturated carbocycles. The summed E-state index contributed by atoms with van der Waals surface area (Å²) in [5.74, 6) is 0. The summed E-state index contributed by atoms with van der Waals surface area (Å²) in [7, 11) is 0. The van der Waals surface area contributed by atoms with E-state index >= 15 is 0 Å². The lowest BCUT2D eigenvalue weighted by Gasteiger charge is -1.99. The number of hydrogen-bond donors (Lipinski definition) is 1. The number of aliphatic hydroxyl groups is 1. The first-order valence-corrected chi connectivity index (χ1v) is 8.11. The smallest absolute Gasteiger partial charge is 0.0774 e. The lowest BCUT2D eigenvalue weighted by Crippen LogP contribution is -1.76. The Morgan fingerprint density at radius 3 is 2.70 bits per heavy atom. The maximum Gasteiger partial charge on any atom is 0.0774 e. The van der Waals surface area contributed by atoms with Crippen LogP contribution in [0, 0.1) is 0 Å². The van der Waals surface area contributed by atoms with Crippen LogP contribution in [0.1, 0.15) is 15.3 Å². The van der Waals surface area contributed by atoms with Crippen LogP contribution >= 0.6 is 22.7 Å². The number of hydrogen-bond acceptors (Lipinski definition) is 3. The predicted molar refractivity (Wildman–Crippen MR) is 88.9 cm³/mol. The molecule has 0 atom stereocenters. The van der Waals surface area contributed by atoms with Crippen molar-refractivity contribution in [3.8, 4) is 11.1 Å². The summed E-state index contributed by atoms with van der Waals surface area (Å²) in [5.41, 5.74) is 3.70. The van der Waals surface area contributed by atoms with Crippen LogP contribution in [0.2, 0.25) is 0 Å². The zero-order chi connectivity index (χ0) is 13.8. The summed E-state index contributed by atoms with van der Waals surface area (Å²) in [6.07, 6.45) is 4.21. The van der Waals surface area contributed by atoms with E-state index in [1.807, 2.05) is 12.1 Å². The van der Waals surface area contributed by atoms with Gasteiger partial charge in [-0.2, -0.15) is 11.3 Å². The molecule has 0 fully saturated rings. The monoisotopic (exact) mass is 298 g/mol. The molecule has 3 aromatic rings.